The van der Waals surface area contributed by atoms with Crippen molar-refractivity contribution in [2.24, 2.45) is 5.92 Å². The van der Waals surface area contributed by atoms with Gasteiger partial charge in [0.25, 0.3) is 0 Å². The number of nitrogens with zero attached hydrogens (tertiary/aromatic N) is 2. The van der Waals surface area contributed by atoms with Crippen LogP contribution >= 0.6 is 0 Å². The Labute approximate surface area is 140 Å². The van der Waals surface area contributed by atoms with Gasteiger partial charge in [-0.2, -0.15) is 5.26 Å². The molecule has 2 aromatic rings. The van der Waals surface area contributed by atoms with E-state index < -0.39 is 5.97 Å². The van der Waals surface area contributed by atoms with E-state index >= 15 is 0 Å². The Balaban J connectivity index is 1.99. The number of nitrogens with one attached hydrogen (secondary N) is 2. The summed E-state index contributed by atoms with van der Waals surface area (Å²) in [6.45, 7) is 4.21. The molecule has 0 saturated heterocycles. The van der Waals surface area contributed by atoms with Crippen LogP contribution in [0.1, 0.15) is 41.5 Å². The van der Waals surface area contributed by atoms with Gasteiger partial charge >= 0.3 is 5.97 Å². The molecule has 3 N–H and O–H groups in total. The predicted octanol–water partition coefficient (Wildman–Crippen LogP) is 3.25. The van der Waals surface area contributed by atoms with Crippen LogP contribution in [0.25, 0.3) is 0 Å². The molecule has 0 spiro atoms. The van der Waals surface area contributed by atoms with Gasteiger partial charge in [0.1, 0.15) is 5.82 Å². The third-order valence-corrected chi connectivity index (χ3v) is 4.48. The van der Waals surface area contributed by atoms with Crippen LogP contribution in [0.4, 0.5) is 11.5 Å². The number of hydrogen-bond donors (Lipinski definition) is 3. The molecule has 6 nitrogen and oxygen atoms in total. The van der Waals surface area contributed by atoms with Crippen molar-refractivity contribution >= 4 is 17.5 Å². The van der Waals surface area contributed by atoms with Crippen LogP contribution in [-0.2, 0) is 0 Å². The van der Waals surface area contributed by atoms with Crippen LogP contribution in [0.15, 0.2) is 36.4 Å². The maximum atomic E-state index is 11.1. The quantitative estimate of drug-likeness (QED) is 0.802. The van der Waals surface area contributed by atoms with Crippen molar-refractivity contribution in [1.29, 1.82) is 5.26 Å². The predicted molar refractivity (Wildman–Crippen MR) is 91.0 cm³/mol. The van der Waals surface area contributed by atoms with E-state index in [9.17, 15) is 4.79 Å². The van der Waals surface area contributed by atoms with Crippen LogP contribution < -0.4 is 10.6 Å². The number of anilines is 2. The van der Waals surface area contributed by atoms with E-state index in [0.717, 1.165) is 11.3 Å². The summed E-state index contributed by atoms with van der Waals surface area (Å²) in [5, 5.41) is 25.0. The highest BCUT2D eigenvalue weighted by molar-refractivity contribution is 5.85. The maximum absolute atomic E-state index is 11.1. The molecule has 0 unspecified atom stereocenters. The average molecular weight is 322 g/mol. The van der Waals surface area contributed by atoms with Crippen LogP contribution in [0.5, 0.6) is 0 Å². The van der Waals surface area contributed by atoms with Crippen LogP contribution in [-0.4, -0.2) is 22.1 Å². The van der Waals surface area contributed by atoms with E-state index in [4.69, 9.17) is 10.4 Å². The minimum Gasteiger partial charge on any atom is -0.477 e. The lowest BCUT2D eigenvalue weighted by Crippen LogP contribution is -2.37. The average Bonchev–Trinajstić information content (AvgIpc) is 2.59. The molecule has 1 aromatic heterocycles. The van der Waals surface area contributed by atoms with E-state index in [0.29, 0.717) is 11.4 Å². The molecular weight excluding hydrogens is 304 g/mol. The number of rotatable bonds is 3. The van der Waals surface area contributed by atoms with Gasteiger partial charge in [0, 0.05) is 17.6 Å². The van der Waals surface area contributed by atoms with E-state index in [1.165, 1.54) is 6.07 Å². The second-order valence-corrected chi connectivity index (χ2v) is 6.04. The largest absolute Gasteiger partial charge is 0.477 e. The first kappa shape index (κ1) is 15.8. The minimum atomic E-state index is -1.06. The lowest BCUT2D eigenvalue weighted by atomic mass is 9.84. The summed E-state index contributed by atoms with van der Waals surface area (Å²) in [5.41, 5.74) is 2.56. The number of carboxylic acid groups (broad SMARTS) is 1. The third kappa shape index (κ3) is 2.88. The minimum absolute atomic E-state index is 0.000588. The van der Waals surface area contributed by atoms with E-state index in [2.05, 4.69) is 35.5 Å². The normalized spacial score (nSPS) is 22.0. The molecule has 3 atom stereocenters. The lowest BCUT2D eigenvalue weighted by Gasteiger charge is -2.38. The summed E-state index contributed by atoms with van der Waals surface area (Å²) < 4.78 is 0. The molecule has 0 amide bonds. The number of benzene rings is 1. The fourth-order valence-corrected chi connectivity index (χ4v) is 2.97. The molecule has 6 heteroatoms. The summed E-state index contributed by atoms with van der Waals surface area (Å²) in [6, 6.07) is 12.8. The molecule has 24 heavy (non-hydrogen) atoms. The van der Waals surface area contributed by atoms with Crippen LogP contribution in [0.3, 0.4) is 0 Å². The van der Waals surface area contributed by atoms with Gasteiger partial charge in [0.2, 0.25) is 0 Å². The first-order valence-corrected chi connectivity index (χ1v) is 7.77. The Hall–Kier alpha value is -3.07. The van der Waals surface area contributed by atoms with Gasteiger partial charge in [-0.3, -0.25) is 0 Å². The van der Waals surface area contributed by atoms with E-state index in [1.807, 2.05) is 12.1 Å². The number of hydrogen-bond acceptors (Lipinski definition) is 5. The molecule has 0 bridgehead atoms. The molecule has 0 saturated carbocycles. The standard InChI is InChI=1S/C18H18N4O2/c1-10-11(2)20-14-7-6-12(9-19)8-13(14)17(10)22-16-5-3-4-15(21-16)18(23)24/h3-8,10-11,17,20H,1-2H3,(H,21,22)(H,23,24)/t10-,11-,17+/m0/s1. The van der Waals surface area contributed by atoms with Gasteiger partial charge in [0.15, 0.2) is 5.69 Å². The highest BCUT2D eigenvalue weighted by atomic mass is 16.4. The Kier molecular flexibility index (Phi) is 4.09. The molecule has 3 rings (SSSR count). The summed E-state index contributed by atoms with van der Waals surface area (Å²) >= 11 is 0. The smallest absolute Gasteiger partial charge is 0.354 e. The lowest BCUT2D eigenvalue weighted by molar-refractivity contribution is 0.0690. The van der Waals surface area contributed by atoms with Crippen LogP contribution in [0, 0.1) is 17.2 Å². The topological polar surface area (TPSA) is 98.0 Å². The highest BCUT2D eigenvalue weighted by Crippen LogP contribution is 2.38. The van der Waals surface area contributed by atoms with Gasteiger partial charge in [-0.15, -0.1) is 0 Å². The highest BCUT2D eigenvalue weighted by Gasteiger charge is 2.31. The molecular formula is C18H18N4O2. The third-order valence-electron chi connectivity index (χ3n) is 4.48. The number of aromatic carboxylic acids is 1. The van der Waals surface area contributed by atoms with Crippen molar-refractivity contribution < 1.29 is 9.90 Å². The van der Waals surface area contributed by atoms with Crippen LogP contribution in [0.2, 0.25) is 0 Å². The molecule has 1 aliphatic rings. The second-order valence-electron chi connectivity index (χ2n) is 6.04. The van der Waals surface area contributed by atoms with Crippen molar-refractivity contribution in [2.75, 3.05) is 10.6 Å². The molecule has 0 radical (unpaired) electrons. The molecule has 0 aliphatic carbocycles. The van der Waals surface area contributed by atoms with E-state index in [1.54, 1.807) is 18.2 Å². The van der Waals surface area contributed by atoms with Crippen molar-refractivity contribution in [3.8, 4) is 6.07 Å². The molecule has 1 aromatic carbocycles. The zero-order chi connectivity index (χ0) is 17.3. The fourth-order valence-electron chi connectivity index (χ4n) is 2.97. The number of fused-ring (bicyclic) bond motifs is 1. The second kappa shape index (κ2) is 6.20. The van der Waals surface area contributed by atoms with Gasteiger partial charge in [-0.05, 0) is 42.8 Å². The Morgan fingerprint density at radius 2 is 2.12 bits per heavy atom. The number of nitriles is 1. The molecule has 122 valence electrons. The maximum Gasteiger partial charge on any atom is 0.354 e. The SMILES string of the molecule is C[C@H]1[C@H](C)Nc2ccc(C#N)cc2[C@@H]1Nc1cccc(C(=O)O)n1. The number of pyridine rings is 1. The summed E-state index contributed by atoms with van der Waals surface area (Å²) in [7, 11) is 0. The van der Waals surface area contributed by atoms with Crippen molar-refractivity contribution in [3.05, 3.63) is 53.2 Å². The first-order chi connectivity index (χ1) is 11.5. The monoisotopic (exact) mass is 322 g/mol. The van der Waals surface area contributed by atoms with Gasteiger partial charge in [-0.25, -0.2) is 9.78 Å². The van der Waals surface area contributed by atoms with Crippen molar-refractivity contribution in [2.45, 2.75) is 25.9 Å². The van der Waals surface area contributed by atoms with Crippen molar-refractivity contribution in [3.63, 3.8) is 0 Å². The number of carbonyl (C=O) groups is 1. The first-order valence-electron chi connectivity index (χ1n) is 7.77. The molecule has 2 heterocycles. The summed E-state index contributed by atoms with van der Waals surface area (Å²) in [5.74, 6) is -0.326. The Morgan fingerprint density at radius 1 is 1.33 bits per heavy atom. The van der Waals surface area contributed by atoms with Gasteiger partial charge in [-0.1, -0.05) is 13.0 Å². The zero-order valence-electron chi connectivity index (χ0n) is 13.4. The Morgan fingerprint density at radius 3 is 2.83 bits per heavy atom. The Bertz CT molecular complexity index is 828. The van der Waals surface area contributed by atoms with E-state index in [-0.39, 0.29) is 23.7 Å². The van der Waals surface area contributed by atoms with Crippen molar-refractivity contribution in [1.82, 2.24) is 4.98 Å². The van der Waals surface area contributed by atoms with Gasteiger partial charge in [0.05, 0.1) is 17.7 Å². The number of carboxylic acids is 1. The summed E-state index contributed by atoms with van der Waals surface area (Å²) in [6.07, 6.45) is 0. The van der Waals surface area contributed by atoms with Gasteiger partial charge < -0.3 is 15.7 Å². The summed E-state index contributed by atoms with van der Waals surface area (Å²) in [4.78, 5) is 15.3. The molecule has 0 fully saturated rings. The number of aromatic nitrogens is 1. The fraction of sp³-hybridized carbons (Fsp3) is 0.278. The molecule has 1 aliphatic heterocycles. The zero-order valence-corrected chi connectivity index (χ0v) is 13.4.